The summed E-state index contributed by atoms with van der Waals surface area (Å²) in [6.45, 7) is 7.73. The Kier molecular flexibility index (Phi) is 2.68. The van der Waals surface area contributed by atoms with E-state index < -0.39 is 0 Å². The lowest BCUT2D eigenvalue weighted by molar-refractivity contribution is 0.171. The molecule has 1 aliphatic rings. The van der Waals surface area contributed by atoms with E-state index in [1.807, 2.05) is 12.3 Å². The molecule has 1 aromatic rings. The monoisotopic (exact) mass is 191 g/mol. The quantitative estimate of drug-likeness (QED) is 0.785. The van der Waals surface area contributed by atoms with Crippen LogP contribution in [-0.2, 0) is 0 Å². The van der Waals surface area contributed by atoms with Gasteiger partial charge in [-0.15, -0.1) is 0 Å². The Labute approximate surface area is 85.1 Å². The van der Waals surface area contributed by atoms with Crippen LogP contribution in [0.15, 0.2) is 18.3 Å². The van der Waals surface area contributed by atoms with E-state index in [0.29, 0.717) is 6.04 Å². The summed E-state index contributed by atoms with van der Waals surface area (Å²) in [5, 5.41) is 3.43. The van der Waals surface area contributed by atoms with Gasteiger partial charge in [0.2, 0.25) is 0 Å². The number of hydrogen-bond acceptors (Lipinski definition) is 3. The highest BCUT2D eigenvalue weighted by Gasteiger charge is 2.24. The number of nitrogens with zero attached hydrogens (tertiary/aromatic N) is 2. The maximum atomic E-state index is 4.28. The van der Waals surface area contributed by atoms with Crippen LogP contribution in [-0.4, -0.2) is 35.6 Å². The maximum absolute atomic E-state index is 4.28. The Bertz CT molecular complexity index is 305. The molecule has 0 spiro atoms. The van der Waals surface area contributed by atoms with Crippen LogP contribution in [0.5, 0.6) is 0 Å². The van der Waals surface area contributed by atoms with Crippen molar-refractivity contribution in [3.63, 3.8) is 0 Å². The molecule has 1 aliphatic heterocycles. The number of pyridine rings is 1. The topological polar surface area (TPSA) is 28.2 Å². The van der Waals surface area contributed by atoms with Gasteiger partial charge in [0.05, 0.1) is 6.04 Å². The normalized spacial score (nSPS) is 17.9. The molecule has 0 aromatic carbocycles. The summed E-state index contributed by atoms with van der Waals surface area (Å²) in [4.78, 5) is 6.69. The second-order valence-corrected chi connectivity index (χ2v) is 3.91. The summed E-state index contributed by atoms with van der Waals surface area (Å²) in [5.41, 5.74) is 1.26. The molecule has 1 saturated heterocycles. The Morgan fingerprint density at radius 1 is 1.57 bits per heavy atom. The van der Waals surface area contributed by atoms with Gasteiger partial charge in [-0.3, -0.25) is 4.90 Å². The van der Waals surface area contributed by atoms with Crippen molar-refractivity contribution in [2.24, 2.45) is 0 Å². The van der Waals surface area contributed by atoms with Gasteiger partial charge in [-0.1, -0.05) is 6.92 Å². The summed E-state index contributed by atoms with van der Waals surface area (Å²) in [6.07, 6.45) is 1.86. The minimum atomic E-state index is 0.587. The third kappa shape index (κ3) is 2.04. The molecule has 2 rings (SSSR count). The van der Waals surface area contributed by atoms with Gasteiger partial charge in [-0.25, -0.2) is 4.98 Å². The van der Waals surface area contributed by atoms with Crippen LogP contribution in [0.1, 0.15) is 12.5 Å². The molecule has 0 bridgehead atoms. The van der Waals surface area contributed by atoms with Crippen molar-refractivity contribution in [3.8, 4) is 0 Å². The zero-order valence-electron chi connectivity index (χ0n) is 8.83. The minimum Gasteiger partial charge on any atom is -0.365 e. The van der Waals surface area contributed by atoms with E-state index in [4.69, 9.17) is 0 Å². The van der Waals surface area contributed by atoms with Crippen LogP contribution in [0, 0.1) is 6.92 Å². The molecule has 3 heteroatoms. The van der Waals surface area contributed by atoms with Gasteiger partial charge < -0.3 is 5.32 Å². The van der Waals surface area contributed by atoms with Crippen molar-refractivity contribution in [2.75, 3.05) is 25.0 Å². The van der Waals surface area contributed by atoms with E-state index in [9.17, 15) is 0 Å². The van der Waals surface area contributed by atoms with E-state index in [-0.39, 0.29) is 0 Å². The number of aromatic nitrogens is 1. The number of rotatable bonds is 3. The van der Waals surface area contributed by atoms with E-state index in [0.717, 1.165) is 25.5 Å². The van der Waals surface area contributed by atoms with Gasteiger partial charge >= 0.3 is 0 Å². The van der Waals surface area contributed by atoms with Gasteiger partial charge in [0.1, 0.15) is 5.82 Å². The van der Waals surface area contributed by atoms with E-state index >= 15 is 0 Å². The lowest BCUT2D eigenvalue weighted by Crippen LogP contribution is -2.54. The number of anilines is 1. The van der Waals surface area contributed by atoms with E-state index in [1.54, 1.807) is 0 Å². The molecule has 1 aromatic heterocycles. The van der Waals surface area contributed by atoms with Crippen LogP contribution in [0.3, 0.4) is 0 Å². The summed E-state index contributed by atoms with van der Waals surface area (Å²) >= 11 is 0. The second-order valence-electron chi connectivity index (χ2n) is 3.91. The standard InChI is InChI=1S/C11H17N3/c1-3-14-7-10(8-14)13-11-6-9(2)4-5-12-11/h4-6,10H,3,7-8H2,1-2H3,(H,12,13). The molecule has 14 heavy (non-hydrogen) atoms. The summed E-state index contributed by atoms with van der Waals surface area (Å²) in [6, 6.07) is 4.70. The molecule has 3 nitrogen and oxygen atoms in total. The van der Waals surface area contributed by atoms with Crippen LogP contribution in [0.25, 0.3) is 0 Å². The van der Waals surface area contributed by atoms with Crippen molar-refractivity contribution in [1.29, 1.82) is 0 Å². The minimum absolute atomic E-state index is 0.587. The highest BCUT2D eigenvalue weighted by atomic mass is 15.2. The Morgan fingerprint density at radius 3 is 3.00 bits per heavy atom. The predicted octanol–water partition coefficient (Wildman–Crippen LogP) is 1.51. The van der Waals surface area contributed by atoms with Crippen LogP contribution in [0.2, 0.25) is 0 Å². The Hall–Kier alpha value is -1.09. The average Bonchev–Trinajstić information content (AvgIpc) is 2.10. The lowest BCUT2D eigenvalue weighted by atomic mass is 10.1. The lowest BCUT2D eigenvalue weighted by Gasteiger charge is -2.39. The molecule has 1 N–H and O–H groups in total. The molecule has 0 atom stereocenters. The first kappa shape index (κ1) is 9.46. The number of nitrogens with one attached hydrogen (secondary N) is 1. The predicted molar refractivity (Wildman–Crippen MR) is 58.5 cm³/mol. The molecule has 0 saturated carbocycles. The van der Waals surface area contributed by atoms with Crippen molar-refractivity contribution in [3.05, 3.63) is 23.9 Å². The maximum Gasteiger partial charge on any atom is 0.126 e. The van der Waals surface area contributed by atoms with Crippen molar-refractivity contribution >= 4 is 5.82 Å². The van der Waals surface area contributed by atoms with Crippen LogP contribution >= 0.6 is 0 Å². The third-order valence-corrected chi connectivity index (χ3v) is 2.67. The fourth-order valence-electron chi connectivity index (χ4n) is 1.74. The van der Waals surface area contributed by atoms with Gasteiger partial charge in [0, 0.05) is 19.3 Å². The molecular formula is C11H17N3. The Balaban J connectivity index is 1.87. The van der Waals surface area contributed by atoms with Crippen LogP contribution < -0.4 is 5.32 Å². The zero-order chi connectivity index (χ0) is 9.97. The molecule has 0 aliphatic carbocycles. The van der Waals surface area contributed by atoms with Gasteiger partial charge in [-0.2, -0.15) is 0 Å². The van der Waals surface area contributed by atoms with Gasteiger partial charge in [0.15, 0.2) is 0 Å². The largest absolute Gasteiger partial charge is 0.365 e. The van der Waals surface area contributed by atoms with Crippen LogP contribution in [0.4, 0.5) is 5.82 Å². The van der Waals surface area contributed by atoms with E-state index in [1.165, 1.54) is 5.56 Å². The third-order valence-electron chi connectivity index (χ3n) is 2.67. The number of likely N-dealkylation sites (N-methyl/N-ethyl adjacent to an activating group) is 1. The van der Waals surface area contributed by atoms with Crippen molar-refractivity contribution < 1.29 is 0 Å². The first-order valence-corrected chi connectivity index (χ1v) is 5.19. The second kappa shape index (κ2) is 3.96. The molecule has 0 unspecified atom stereocenters. The van der Waals surface area contributed by atoms with E-state index in [2.05, 4.69) is 35.1 Å². The number of likely N-dealkylation sites (tertiary alicyclic amines) is 1. The Morgan fingerprint density at radius 2 is 2.36 bits per heavy atom. The first-order chi connectivity index (χ1) is 6.78. The number of hydrogen-bond donors (Lipinski definition) is 1. The molecule has 1 fully saturated rings. The highest BCUT2D eigenvalue weighted by Crippen LogP contribution is 2.13. The number of aryl methyl sites for hydroxylation is 1. The fraction of sp³-hybridized carbons (Fsp3) is 0.545. The highest BCUT2D eigenvalue weighted by molar-refractivity contribution is 5.38. The molecule has 0 radical (unpaired) electrons. The molecule has 0 amide bonds. The SMILES string of the molecule is CCN1CC(Nc2cc(C)ccn2)C1. The van der Waals surface area contributed by atoms with Gasteiger partial charge in [-0.05, 0) is 31.2 Å². The summed E-state index contributed by atoms with van der Waals surface area (Å²) in [5.74, 6) is 1.01. The molecular weight excluding hydrogens is 174 g/mol. The summed E-state index contributed by atoms with van der Waals surface area (Å²) < 4.78 is 0. The average molecular weight is 191 g/mol. The fourth-order valence-corrected chi connectivity index (χ4v) is 1.74. The van der Waals surface area contributed by atoms with Crippen molar-refractivity contribution in [1.82, 2.24) is 9.88 Å². The molecule has 2 heterocycles. The zero-order valence-corrected chi connectivity index (χ0v) is 8.83. The molecule has 76 valence electrons. The first-order valence-electron chi connectivity index (χ1n) is 5.19. The summed E-state index contributed by atoms with van der Waals surface area (Å²) in [7, 11) is 0. The van der Waals surface area contributed by atoms with Crippen molar-refractivity contribution in [2.45, 2.75) is 19.9 Å². The smallest absolute Gasteiger partial charge is 0.126 e. The van der Waals surface area contributed by atoms with Gasteiger partial charge in [0.25, 0.3) is 0 Å².